The van der Waals surface area contributed by atoms with Gasteiger partial charge in [-0.2, -0.15) is 0 Å². The van der Waals surface area contributed by atoms with Crippen LogP contribution in [0.4, 0.5) is 4.39 Å². The summed E-state index contributed by atoms with van der Waals surface area (Å²) < 4.78 is 12.6. The van der Waals surface area contributed by atoms with E-state index in [9.17, 15) is 9.18 Å². The van der Waals surface area contributed by atoms with Gasteiger partial charge in [-0.3, -0.25) is 4.79 Å². The van der Waals surface area contributed by atoms with Crippen LogP contribution in [0, 0.1) is 5.82 Å². The van der Waals surface area contributed by atoms with Crippen LogP contribution in [0.25, 0.3) is 0 Å². The van der Waals surface area contributed by atoms with Crippen LogP contribution in [-0.2, 0) is 11.2 Å². The standard InChI is InChI=1S/C13H19FN2O/c1-13(2,15)9-16-12(17)8-5-10-3-6-11(14)7-4-10/h3-4,6-7H,5,8-9,15H2,1-2H3,(H,16,17). The molecule has 3 nitrogen and oxygen atoms in total. The molecule has 4 heteroatoms. The number of amides is 1. The SMILES string of the molecule is CC(C)(N)CNC(=O)CCc1ccc(F)cc1. The van der Waals surface area contributed by atoms with Gasteiger partial charge < -0.3 is 11.1 Å². The second kappa shape index (κ2) is 5.77. The second-order valence-electron chi connectivity index (χ2n) is 4.89. The molecule has 94 valence electrons. The fraction of sp³-hybridized carbons (Fsp3) is 0.462. The molecule has 0 spiro atoms. The van der Waals surface area contributed by atoms with E-state index in [1.165, 1.54) is 12.1 Å². The molecule has 0 saturated carbocycles. The lowest BCUT2D eigenvalue weighted by atomic mass is 10.1. The summed E-state index contributed by atoms with van der Waals surface area (Å²) in [5.74, 6) is -0.295. The number of carbonyl (C=O) groups is 1. The van der Waals surface area contributed by atoms with E-state index in [1.807, 2.05) is 13.8 Å². The third-order valence-electron chi connectivity index (χ3n) is 2.30. The maximum Gasteiger partial charge on any atom is 0.220 e. The van der Waals surface area contributed by atoms with E-state index >= 15 is 0 Å². The van der Waals surface area contributed by atoms with Crippen LogP contribution in [0.1, 0.15) is 25.8 Å². The zero-order valence-electron chi connectivity index (χ0n) is 10.3. The average molecular weight is 238 g/mol. The Labute approximate surface area is 101 Å². The lowest BCUT2D eigenvalue weighted by molar-refractivity contribution is -0.121. The molecule has 0 saturated heterocycles. The van der Waals surface area contributed by atoms with Gasteiger partial charge in [0.1, 0.15) is 5.82 Å². The Balaban J connectivity index is 2.31. The number of rotatable bonds is 5. The summed E-state index contributed by atoms with van der Waals surface area (Å²) in [7, 11) is 0. The Morgan fingerprint density at radius 2 is 1.94 bits per heavy atom. The summed E-state index contributed by atoms with van der Waals surface area (Å²) in [6.45, 7) is 4.16. The Morgan fingerprint density at radius 1 is 1.35 bits per heavy atom. The lowest BCUT2D eigenvalue weighted by Crippen LogP contribution is -2.45. The summed E-state index contributed by atoms with van der Waals surface area (Å²) in [5, 5.41) is 2.77. The topological polar surface area (TPSA) is 55.1 Å². The summed E-state index contributed by atoms with van der Waals surface area (Å²) in [6.07, 6.45) is 0.999. The first-order valence-electron chi connectivity index (χ1n) is 5.67. The normalized spacial score (nSPS) is 11.3. The van der Waals surface area contributed by atoms with Gasteiger partial charge in [0.15, 0.2) is 0 Å². The van der Waals surface area contributed by atoms with Crippen molar-refractivity contribution in [2.75, 3.05) is 6.54 Å². The predicted octanol–water partition coefficient (Wildman–Crippen LogP) is 1.61. The molecule has 0 aliphatic heterocycles. The molecule has 0 heterocycles. The highest BCUT2D eigenvalue weighted by Crippen LogP contribution is 2.05. The Kier molecular flexibility index (Phi) is 4.63. The molecular weight excluding hydrogens is 219 g/mol. The fourth-order valence-electron chi connectivity index (χ4n) is 1.32. The van der Waals surface area contributed by atoms with Crippen LogP contribution >= 0.6 is 0 Å². The minimum atomic E-state index is -0.397. The first-order chi connectivity index (χ1) is 7.87. The third kappa shape index (κ3) is 6.02. The zero-order chi connectivity index (χ0) is 12.9. The number of nitrogens with one attached hydrogen (secondary N) is 1. The van der Waals surface area contributed by atoms with Gasteiger partial charge in [-0.1, -0.05) is 12.1 Å². The highest BCUT2D eigenvalue weighted by molar-refractivity contribution is 5.76. The maximum atomic E-state index is 12.6. The van der Waals surface area contributed by atoms with Crippen molar-refractivity contribution in [3.05, 3.63) is 35.6 Å². The smallest absolute Gasteiger partial charge is 0.220 e. The van der Waals surface area contributed by atoms with E-state index in [0.29, 0.717) is 19.4 Å². The van der Waals surface area contributed by atoms with E-state index in [4.69, 9.17) is 5.73 Å². The molecule has 0 unspecified atom stereocenters. The monoisotopic (exact) mass is 238 g/mol. The molecule has 0 radical (unpaired) electrons. The molecule has 17 heavy (non-hydrogen) atoms. The number of nitrogens with two attached hydrogens (primary N) is 1. The van der Waals surface area contributed by atoms with Gasteiger partial charge >= 0.3 is 0 Å². The van der Waals surface area contributed by atoms with E-state index in [0.717, 1.165) is 5.56 Å². The van der Waals surface area contributed by atoms with Crippen molar-refractivity contribution in [2.24, 2.45) is 5.73 Å². The van der Waals surface area contributed by atoms with E-state index in [2.05, 4.69) is 5.32 Å². The number of aryl methyl sites for hydroxylation is 1. The number of halogens is 1. The summed E-state index contributed by atoms with van der Waals surface area (Å²) in [5.41, 5.74) is 6.31. The van der Waals surface area contributed by atoms with Crippen LogP contribution in [0.15, 0.2) is 24.3 Å². The average Bonchev–Trinajstić information content (AvgIpc) is 2.25. The summed E-state index contributed by atoms with van der Waals surface area (Å²) in [4.78, 5) is 11.5. The van der Waals surface area contributed by atoms with Crippen molar-refractivity contribution >= 4 is 5.91 Å². The molecule has 0 atom stereocenters. The van der Waals surface area contributed by atoms with Crippen molar-refractivity contribution in [1.29, 1.82) is 0 Å². The molecule has 1 aromatic carbocycles. The Bertz CT molecular complexity index is 368. The van der Waals surface area contributed by atoms with Gasteiger partial charge in [-0.25, -0.2) is 4.39 Å². The lowest BCUT2D eigenvalue weighted by Gasteiger charge is -2.18. The van der Waals surface area contributed by atoms with Crippen LogP contribution in [0.2, 0.25) is 0 Å². The molecule has 0 aliphatic carbocycles. The van der Waals surface area contributed by atoms with Crippen LogP contribution in [0.5, 0.6) is 0 Å². The molecule has 1 aromatic rings. The molecule has 3 N–H and O–H groups in total. The quantitative estimate of drug-likeness (QED) is 0.819. The third-order valence-corrected chi connectivity index (χ3v) is 2.30. The summed E-state index contributed by atoms with van der Waals surface area (Å²) >= 11 is 0. The summed E-state index contributed by atoms with van der Waals surface area (Å²) in [6, 6.07) is 6.18. The molecule has 1 amide bonds. The number of hydrogen-bond donors (Lipinski definition) is 2. The van der Waals surface area contributed by atoms with Crippen molar-refractivity contribution in [1.82, 2.24) is 5.32 Å². The number of carbonyl (C=O) groups excluding carboxylic acids is 1. The van der Waals surface area contributed by atoms with Crippen LogP contribution in [0.3, 0.4) is 0 Å². The van der Waals surface area contributed by atoms with Gasteiger partial charge in [0.05, 0.1) is 0 Å². The molecule has 0 aliphatic rings. The first kappa shape index (κ1) is 13.6. The molecule has 0 fully saturated rings. The number of benzene rings is 1. The van der Waals surface area contributed by atoms with Gasteiger partial charge in [0, 0.05) is 18.5 Å². The van der Waals surface area contributed by atoms with E-state index in [1.54, 1.807) is 12.1 Å². The van der Waals surface area contributed by atoms with Crippen molar-refractivity contribution in [2.45, 2.75) is 32.2 Å². The minimum Gasteiger partial charge on any atom is -0.354 e. The molecule has 0 aromatic heterocycles. The minimum absolute atomic E-state index is 0.0344. The van der Waals surface area contributed by atoms with E-state index < -0.39 is 5.54 Å². The van der Waals surface area contributed by atoms with Gasteiger partial charge in [0.2, 0.25) is 5.91 Å². The first-order valence-corrected chi connectivity index (χ1v) is 5.67. The number of hydrogen-bond acceptors (Lipinski definition) is 2. The van der Waals surface area contributed by atoms with Gasteiger partial charge in [0.25, 0.3) is 0 Å². The van der Waals surface area contributed by atoms with Crippen LogP contribution in [-0.4, -0.2) is 18.0 Å². The van der Waals surface area contributed by atoms with E-state index in [-0.39, 0.29) is 11.7 Å². The molecule has 1 rings (SSSR count). The van der Waals surface area contributed by atoms with Gasteiger partial charge in [-0.05, 0) is 38.0 Å². The van der Waals surface area contributed by atoms with Gasteiger partial charge in [-0.15, -0.1) is 0 Å². The Morgan fingerprint density at radius 3 is 2.47 bits per heavy atom. The second-order valence-corrected chi connectivity index (χ2v) is 4.89. The highest BCUT2D eigenvalue weighted by atomic mass is 19.1. The van der Waals surface area contributed by atoms with Crippen molar-refractivity contribution in [3.8, 4) is 0 Å². The fourth-order valence-corrected chi connectivity index (χ4v) is 1.32. The molecule has 0 bridgehead atoms. The largest absolute Gasteiger partial charge is 0.354 e. The zero-order valence-corrected chi connectivity index (χ0v) is 10.3. The molecular formula is C13H19FN2O. The highest BCUT2D eigenvalue weighted by Gasteiger charge is 2.11. The van der Waals surface area contributed by atoms with Crippen molar-refractivity contribution in [3.63, 3.8) is 0 Å². The predicted molar refractivity (Wildman–Crippen MR) is 66.0 cm³/mol. The maximum absolute atomic E-state index is 12.6. The van der Waals surface area contributed by atoms with Crippen molar-refractivity contribution < 1.29 is 9.18 Å². The van der Waals surface area contributed by atoms with Crippen LogP contribution < -0.4 is 11.1 Å². The Hall–Kier alpha value is -1.42.